The molecule has 2 aromatic rings. The topological polar surface area (TPSA) is 82.8 Å². The predicted molar refractivity (Wildman–Crippen MR) is 98.5 cm³/mol. The number of benzene rings is 2. The van der Waals surface area contributed by atoms with Gasteiger partial charge in [-0.15, -0.1) is 0 Å². The lowest BCUT2D eigenvalue weighted by Gasteiger charge is -2.11. The van der Waals surface area contributed by atoms with E-state index in [1.54, 1.807) is 24.3 Å². The molecule has 8 heteroatoms. The summed E-state index contributed by atoms with van der Waals surface area (Å²) in [5.41, 5.74) is 6.34. The largest absolute Gasteiger partial charge is 0.481 e. The van der Waals surface area contributed by atoms with E-state index < -0.39 is 23.6 Å². The highest BCUT2D eigenvalue weighted by atomic mass is 19.1. The summed E-state index contributed by atoms with van der Waals surface area (Å²) >= 11 is 0. The van der Waals surface area contributed by atoms with Crippen LogP contribution in [-0.2, 0) is 20.7 Å². The zero-order valence-corrected chi connectivity index (χ0v) is 15.2. The third kappa shape index (κ3) is 4.85. The van der Waals surface area contributed by atoms with Gasteiger partial charge in [0, 0.05) is 17.7 Å². The van der Waals surface area contributed by atoms with Crippen molar-refractivity contribution in [3.63, 3.8) is 0 Å². The van der Waals surface area contributed by atoms with Crippen LogP contribution in [0, 0.1) is 11.6 Å². The van der Waals surface area contributed by atoms with Gasteiger partial charge in [-0.1, -0.05) is 12.1 Å². The van der Waals surface area contributed by atoms with Crippen molar-refractivity contribution in [3.8, 4) is 11.5 Å². The highest BCUT2D eigenvalue weighted by Crippen LogP contribution is 2.27. The van der Waals surface area contributed by atoms with Crippen LogP contribution in [-0.4, -0.2) is 32.4 Å². The van der Waals surface area contributed by atoms with Gasteiger partial charge in [-0.2, -0.15) is 0 Å². The minimum atomic E-state index is -0.763. The van der Waals surface area contributed by atoms with Crippen LogP contribution in [0.1, 0.15) is 11.1 Å². The SMILES string of the molecule is COC(=O)C(N)Cc1ccc(Oc2cc(F)c(C=C3CNCO3)c(F)c2)cc1. The second kappa shape index (κ2) is 8.81. The molecule has 0 amide bonds. The van der Waals surface area contributed by atoms with Crippen LogP contribution in [0.25, 0.3) is 6.08 Å². The molecule has 1 unspecified atom stereocenters. The van der Waals surface area contributed by atoms with Gasteiger partial charge in [0.1, 0.15) is 41.7 Å². The maximum absolute atomic E-state index is 14.3. The normalized spacial score (nSPS) is 15.9. The van der Waals surface area contributed by atoms with E-state index in [2.05, 4.69) is 10.1 Å². The smallest absolute Gasteiger partial charge is 0.322 e. The van der Waals surface area contributed by atoms with Crippen molar-refractivity contribution in [2.24, 2.45) is 5.73 Å². The van der Waals surface area contributed by atoms with Crippen LogP contribution in [0.3, 0.4) is 0 Å². The number of nitrogens with one attached hydrogen (secondary N) is 1. The molecule has 6 nitrogen and oxygen atoms in total. The van der Waals surface area contributed by atoms with Gasteiger partial charge in [0.2, 0.25) is 0 Å². The predicted octanol–water partition coefficient (Wildman–Crippen LogP) is 2.72. The molecule has 28 heavy (non-hydrogen) atoms. The number of ether oxygens (including phenoxy) is 3. The van der Waals surface area contributed by atoms with Crippen molar-refractivity contribution in [1.29, 1.82) is 0 Å². The van der Waals surface area contributed by atoms with Gasteiger partial charge >= 0.3 is 5.97 Å². The lowest BCUT2D eigenvalue weighted by molar-refractivity contribution is -0.142. The zero-order valence-electron chi connectivity index (χ0n) is 15.2. The number of halogens is 2. The van der Waals surface area contributed by atoms with Gasteiger partial charge in [-0.05, 0) is 30.2 Å². The molecule has 2 aromatic carbocycles. The quantitative estimate of drug-likeness (QED) is 0.738. The average molecular weight is 390 g/mol. The van der Waals surface area contributed by atoms with Crippen molar-refractivity contribution in [2.45, 2.75) is 12.5 Å². The minimum Gasteiger partial charge on any atom is -0.481 e. The van der Waals surface area contributed by atoms with Crippen molar-refractivity contribution < 1.29 is 27.8 Å². The lowest BCUT2D eigenvalue weighted by atomic mass is 10.1. The molecule has 0 bridgehead atoms. The second-order valence-electron chi connectivity index (χ2n) is 6.21. The number of hydrogen-bond acceptors (Lipinski definition) is 6. The first-order valence-electron chi connectivity index (χ1n) is 8.59. The Morgan fingerprint density at radius 2 is 1.93 bits per heavy atom. The molecule has 3 rings (SSSR count). The third-order valence-corrected chi connectivity index (χ3v) is 4.14. The maximum atomic E-state index is 14.3. The number of carbonyl (C=O) groups excluding carboxylic acids is 1. The average Bonchev–Trinajstić information content (AvgIpc) is 3.19. The Morgan fingerprint density at radius 1 is 1.25 bits per heavy atom. The first kappa shape index (κ1) is 19.8. The van der Waals surface area contributed by atoms with E-state index in [0.717, 1.165) is 17.7 Å². The fourth-order valence-corrected chi connectivity index (χ4v) is 2.70. The Morgan fingerprint density at radius 3 is 2.50 bits per heavy atom. The zero-order chi connectivity index (χ0) is 20.1. The molecule has 1 fully saturated rings. The van der Waals surface area contributed by atoms with Gasteiger partial charge < -0.3 is 19.9 Å². The molecule has 0 aromatic heterocycles. The first-order valence-corrected chi connectivity index (χ1v) is 8.59. The molecule has 1 aliphatic rings. The Hall–Kier alpha value is -2.97. The minimum absolute atomic E-state index is 0.0293. The Labute approximate surface area is 160 Å². The molecule has 148 valence electrons. The number of nitrogens with two attached hydrogens (primary N) is 1. The van der Waals surface area contributed by atoms with Crippen molar-refractivity contribution in [3.05, 3.63) is 64.9 Å². The van der Waals surface area contributed by atoms with Crippen LogP contribution in [0.2, 0.25) is 0 Å². The van der Waals surface area contributed by atoms with Crippen LogP contribution >= 0.6 is 0 Å². The number of carbonyl (C=O) groups is 1. The molecule has 1 saturated heterocycles. The Balaban J connectivity index is 1.70. The molecule has 1 atom stereocenters. The standard InChI is InChI=1S/C20H20F2N2O4/c1-26-20(25)19(23)6-12-2-4-13(5-3-12)28-14-8-17(21)16(18(22)9-14)7-15-10-24-11-27-15/h2-5,7-9,19,24H,6,10-11,23H2,1H3. The van der Waals surface area contributed by atoms with Crippen LogP contribution in [0.5, 0.6) is 11.5 Å². The van der Waals surface area contributed by atoms with Crippen LogP contribution < -0.4 is 15.8 Å². The Bertz CT molecular complexity index is 853. The van der Waals surface area contributed by atoms with Crippen molar-refractivity contribution in [1.82, 2.24) is 5.32 Å². The van der Waals surface area contributed by atoms with E-state index >= 15 is 0 Å². The molecule has 3 N–H and O–H groups in total. The highest BCUT2D eigenvalue weighted by molar-refractivity contribution is 5.75. The lowest BCUT2D eigenvalue weighted by Crippen LogP contribution is -2.33. The first-order chi connectivity index (χ1) is 13.5. The third-order valence-electron chi connectivity index (χ3n) is 4.14. The van der Waals surface area contributed by atoms with E-state index in [1.165, 1.54) is 13.2 Å². The van der Waals surface area contributed by atoms with E-state index in [9.17, 15) is 13.6 Å². The summed E-state index contributed by atoms with van der Waals surface area (Å²) < 4.78 is 43.9. The number of hydrogen-bond donors (Lipinski definition) is 2. The summed E-state index contributed by atoms with van der Waals surface area (Å²) in [4.78, 5) is 11.4. The van der Waals surface area contributed by atoms with Crippen LogP contribution in [0.15, 0.2) is 42.2 Å². The summed E-state index contributed by atoms with van der Waals surface area (Å²) in [5.74, 6) is -1.12. The highest BCUT2D eigenvalue weighted by Gasteiger charge is 2.16. The molecule has 0 spiro atoms. The summed E-state index contributed by atoms with van der Waals surface area (Å²) in [6.07, 6.45) is 1.63. The van der Waals surface area contributed by atoms with E-state index in [4.69, 9.17) is 15.2 Å². The molecule has 0 aliphatic carbocycles. The molecule has 1 heterocycles. The summed E-state index contributed by atoms with van der Waals surface area (Å²) in [7, 11) is 1.27. The number of rotatable bonds is 6. The van der Waals surface area contributed by atoms with Gasteiger partial charge in [0.15, 0.2) is 0 Å². The molecular weight excluding hydrogens is 370 g/mol. The summed E-state index contributed by atoms with van der Waals surface area (Å²) in [6, 6.07) is 8.15. The molecule has 0 radical (unpaired) electrons. The van der Waals surface area contributed by atoms with E-state index in [0.29, 0.717) is 31.2 Å². The van der Waals surface area contributed by atoms with E-state index in [-0.39, 0.29) is 11.3 Å². The Kier molecular flexibility index (Phi) is 6.23. The summed E-state index contributed by atoms with van der Waals surface area (Å²) in [5, 5.41) is 2.91. The van der Waals surface area contributed by atoms with Gasteiger partial charge in [-0.25, -0.2) is 8.78 Å². The fraction of sp³-hybridized carbons (Fsp3) is 0.250. The maximum Gasteiger partial charge on any atom is 0.322 e. The van der Waals surface area contributed by atoms with E-state index in [1.807, 2.05) is 0 Å². The molecule has 1 aliphatic heterocycles. The van der Waals surface area contributed by atoms with Gasteiger partial charge in [0.05, 0.1) is 13.7 Å². The fourth-order valence-electron chi connectivity index (χ4n) is 2.70. The van der Waals surface area contributed by atoms with Gasteiger partial charge in [0.25, 0.3) is 0 Å². The monoisotopic (exact) mass is 390 g/mol. The molecular formula is C20H20F2N2O4. The van der Waals surface area contributed by atoms with Crippen molar-refractivity contribution >= 4 is 12.0 Å². The number of esters is 1. The van der Waals surface area contributed by atoms with Crippen LogP contribution in [0.4, 0.5) is 8.78 Å². The number of methoxy groups -OCH3 is 1. The van der Waals surface area contributed by atoms with Crippen molar-refractivity contribution in [2.75, 3.05) is 20.4 Å². The van der Waals surface area contributed by atoms with Gasteiger partial charge in [-0.3, -0.25) is 10.1 Å². The molecule has 0 saturated carbocycles. The second-order valence-corrected chi connectivity index (χ2v) is 6.21. The summed E-state index contributed by atoms with van der Waals surface area (Å²) in [6.45, 7) is 0.736.